The van der Waals surface area contributed by atoms with Gasteiger partial charge in [-0.05, 0) is 30.7 Å². The van der Waals surface area contributed by atoms with Crippen LogP contribution in [0.4, 0.5) is 5.69 Å². The summed E-state index contributed by atoms with van der Waals surface area (Å²) < 4.78 is 10.2. The van der Waals surface area contributed by atoms with E-state index in [0.29, 0.717) is 39.2 Å². The van der Waals surface area contributed by atoms with Gasteiger partial charge >= 0.3 is 0 Å². The highest BCUT2D eigenvalue weighted by molar-refractivity contribution is 5.78. The average molecular weight is 377 g/mol. The minimum absolute atomic E-state index is 0.00299. The molecule has 1 aromatic carbocycles. The summed E-state index contributed by atoms with van der Waals surface area (Å²) in [4.78, 5) is 30.1. The van der Waals surface area contributed by atoms with Gasteiger partial charge in [-0.1, -0.05) is 0 Å². The summed E-state index contributed by atoms with van der Waals surface area (Å²) in [6, 6.07) is 7.99. The van der Waals surface area contributed by atoms with Crippen molar-refractivity contribution in [3.05, 3.63) is 24.3 Å². The Morgan fingerprint density at radius 2 is 1.70 bits per heavy atom. The van der Waals surface area contributed by atoms with Crippen molar-refractivity contribution in [2.75, 3.05) is 65.0 Å². The second kappa shape index (κ2) is 10.8. The minimum atomic E-state index is 0.00299. The van der Waals surface area contributed by atoms with Crippen LogP contribution in [0.1, 0.15) is 19.8 Å². The number of methoxy groups -OCH3 is 2. The molecule has 1 fully saturated rings. The van der Waals surface area contributed by atoms with E-state index in [1.54, 1.807) is 26.0 Å². The van der Waals surface area contributed by atoms with Gasteiger partial charge in [-0.15, -0.1) is 0 Å². The molecule has 2 amide bonds. The number of nitrogens with zero attached hydrogens (tertiary/aromatic N) is 3. The van der Waals surface area contributed by atoms with E-state index in [2.05, 4.69) is 4.90 Å². The van der Waals surface area contributed by atoms with E-state index in [-0.39, 0.29) is 11.8 Å². The van der Waals surface area contributed by atoms with Gasteiger partial charge in [0.05, 0.1) is 7.11 Å². The standard InChI is InChI=1S/C20H31N3O4/c1-17(24)21(10-4-16-26-2)11-9-20(25)23-14-12-22(13-15-23)18-5-7-19(27-3)8-6-18/h5-8H,4,9-16H2,1-3H3. The number of carbonyl (C=O) groups excluding carboxylic acids is 2. The number of carbonyl (C=O) groups is 2. The summed E-state index contributed by atoms with van der Waals surface area (Å²) in [5.41, 5.74) is 1.14. The van der Waals surface area contributed by atoms with Crippen LogP contribution in [0.3, 0.4) is 0 Å². The van der Waals surface area contributed by atoms with Crippen molar-refractivity contribution in [2.24, 2.45) is 0 Å². The number of anilines is 1. The van der Waals surface area contributed by atoms with Crippen molar-refractivity contribution >= 4 is 17.5 Å². The summed E-state index contributed by atoms with van der Waals surface area (Å²) in [6.07, 6.45) is 1.15. The van der Waals surface area contributed by atoms with Crippen LogP contribution in [0, 0.1) is 0 Å². The maximum Gasteiger partial charge on any atom is 0.224 e. The number of hydrogen-bond donors (Lipinski definition) is 0. The lowest BCUT2D eigenvalue weighted by molar-refractivity contribution is -0.133. The first-order chi connectivity index (χ1) is 13.0. The molecule has 7 nitrogen and oxygen atoms in total. The quantitative estimate of drug-likeness (QED) is 0.612. The van der Waals surface area contributed by atoms with Crippen molar-refractivity contribution in [1.29, 1.82) is 0 Å². The molecule has 27 heavy (non-hydrogen) atoms. The van der Waals surface area contributed by atoms with Crippen molar-refractivity contribution in [1.82, 2.24) is 9.80 Å². The smallest absolute Gasteiger partial charge is 0.224 e. The Morgan fingerprint density at radius 3 is 2.26 bits per heavy atom. The van der Waals surface area contributed by atoms with Gasteiger partial charge in [-0.2, -0.15) is 0 Å². The van der Waals surface area contributed by atoms with Gasteiger partial charge in [-0.3, -0.25) is 9.59 Å². The first-order valence-electron chi connectivity index (χ1n) is 9.46. The van der Waals surface area contributed by atoms with Gasteiger partial charge in [-0.25, -0.2) is 0 Å². The molecule has 0 saturated carbocycles. The minimum Gasteiger partial charge on any atom is -0.497 e. The van der Waals surface area contributed by atoms with Crippen molar-refractivity contribution in [3.8, 4) is 5.75 Å². The van der Waals surface area contributed by atoms with E-state index < -0.39 is 0 Å². The Bertz CT molecular complexity index is 598. The maximum absolute atomic E-state index is 12.5. The second-order valence-electron chi connectivity index (χ2n) is 6.67. The molecule has 7 heteroatoms. The lowest BCUT2D eigenvalue weighted by Crippen LogP contribution is -2.49. The summed E-state index contributed by atoms with van der Waals surface area (Å²) in [6.45, 7) is 6.28. The van der Waals surface area contributed by atoms with Crippen LogP contribution in [-0.4, -0.2) is 81.7 Å². The van der Waals surface area contributed by atoms with Crippen molar-refractivity contribution in [2.45, 2.75) is 19.8 Å². The number of hydrogen-bond acceptors (Lipinski definition) is 5. The van der Waals surface area contributed by atoms with Crippen LogP contribution in [0.2, 0.25) is 0 Å². The number of rotatable bonds is 9. The lowest BCUT2D eigenvalue weighted by atomic mass is 10.2. The normalized spacial score (nSPS) is 14.2. The zero-order valence-corrected chi connectivity index (χ0v) is 16.6. The number of piperazine rings is 1. The van der Waals surface area contributed by atoms with Crippen molar-refractivity contribution in [3.63, 3.8) is 0 Å². The highest BCUT2D eigenvalue weighted by atomic mass is 16.5. The molecule has 1 heterocycles. The zero-order valence-electron chi connectivity index (χ0n) is 16.6. The molecule has 1 aliphatic heterocycles. The SMILES string of the molecule is COCCCN(CCC(=O)N1CCN(c2ccc(OC)cc2)CC1)C(C)=O. The van der Waals surface area contributed by atoms with Gasteiger partial charge in [0.25, 0.3) is 0 Å². The van der Waals surface area contributed by atoms with E-state index in [1.165, 1.54) is 0 Å². The predicted molar refractivity (Wildman–Crippen MR) is 105 cm³/mol. The van der Waals surface area contributed by atoms with Crippen LogP contribution >= 0.6 is 0 Å². The van der Waals surface area contributed by atoms with Gasteiger partial charge in [0.1, 0.15) is 5.75 Å². The van der Waals surface area contributed by atoms with Crippen molar-refractivity contribution < 1.29 is 19.1 Å². The molecular weight excluding hydrogens is 346 g/mol. The Morgan fingerprint density at radius 1 is 1.04 bits per heavy atom. The number of benzene rings is 1. The third-order valence-electron chi connectivity index (χ3n) is 4.89. The predicted octanol–water partition coefficient (Wildman–Crippen LogP) is 1.62. The van der Waals surface area contributed by atoms with Gasteiger partial charge in [0.15, 0.2) is 0 Å². The first kappa shape index (κ1) is 21.0. The second-order valence-corrected chi connectivity index (χ2v) is 6.67. The molecular formula is C20H31N3O4. The largest absolute Gasteiger partial charge is 0.497 e. The van der Waals surface area contributed by atoms with E-state index in [1.807, 2.05) is 29.2 Å². The number of amides is 2. The highest BCUT2D eigenvalue weighted by Crippen LogP contribution is 2.20. The molecule has 0 N–H and O–H groups in total. The summed E-state index contributed by atoms with van der Waals surface area (Å²) in [5.74, 6) is 0.957. The molecule has 0 aromatic heterocycles. The molecule has 1 aromatic rings. The molecule has 0 radical (unpaired) electrons. The molecule has 0 bridgehead atoms. The fourth-order valence-electron chi connectivity index (χ4n) is 3.22. The summed E-state index contributed by atoms with van der Waals surface area (Å²) >= 11 is 0. The Balaban J connectivity index is 1.77. The van der Waals surface area contributed by atoms with Crippen LogP contribution in [0.5, 0.6) is 5.75 Å². The molecule has 1 saturated heterocycles. The van der Waals surface area contributed by atoms with E-state index in [0.717, 1.165) is 30.9 Å². The van der Waals surface area contributed by atoms with E-state index >= 15 is 0 Å². The topological polar surface area (TPSA) is 62.3 Å². The maximum atomic E-state index is 12.5. The lowest BCUT2D eigenvalue weighted by Gasteiger charge is -2.36. The summed E-state index contributed by atoms with van der Waals surface area (Å²) in [5, 5.41) is 0. The monoisotopic (exact) mass is 377 g/mol. The molecule has 0 atom stereocenters. The highest BCUT2D eigenvalue weighted by Gasteiger charge is 2.22. The fraction of sp³-hybridized carbons (Fsp3) is 0.600. The Hall–Kier alpha value is -2.28. The van der Waals surface area contributed by atoms with E-state index in [9.17, 15) is 9.59 Å². The molecule has 0 spiro atoms. The van der Waals surface area contributed by atoms with Gasteiger partial charge in [0.2, 0.25) is 11.8 Å². The van der Waals surface area contributed by atoms with Crippen LogP contribution in [-0.2, 0) is 14.3 Å². The van der Waals surface area contributed by atoms with Crippen LogP contribution < -0.4 is 9.64 Å². The fourth-order valence-corrected chi connectivity index (χ4v) is 3.22. The zero-order chi connectivity index (χ0) is 19.6. The first-order valence-corrected chi connectivity index (χ1v) is 9.46. The summed E-state index contributed by atoms with van der Waals surface area (Å²) in [7, 11) is 3.30. The van der Waals surface area contributed by atoms with Gasteiger partial charge < -0.3 is 24.2 Å². The van der Waals surface area contributed by atoms with E-state index in [4.69, 9.17) is 9.47 Å². The third-order valence-corrected chi connectivity index (χ3v) is 4.89. The third kappa shape index (κ3) is 6.43. The number of ether oxygens (including phenoxy) is 2. The van der Waals surface area contributed by atoms with Crippen LogP contribution in [0.25, 0.3) is 0 Å². The average Bonchev–Trinajstić information content (AvgIpc) is 2.70. The Labute approximate surface area is 161 Å². The molecule has 0 aliphatic carbocycles. The molecule has 1 aliphatic rings. The van der Waals surface area contributed by atoms with Crippen LogP contribution in [0.15, 0.2) is 24.3 Å². The molecule has 0 unspecified atom stereocenters. The molecule has 150 valence electrons. The Kier molecular flexibility index (Phi) is 8.39. The van der Waals surface area contributed by atoms with Gasteiger partial charge in [0, 0.05) is 72.0 Å². The molecule has 2 rings (SSSR count).